The molecular formula is C13H19NOS2. The van der Waals surface area contributed by atoms with Crippen LogP contribution in [0, 0.1) is 12.8 Å². The molecule has 0 aromatic carbocycles. The molecule has 4 heteroatoms. The Hall–Kier alpha value is -0.480. The lowest BCUT2D eigenvalue weighted by atomic mass is 10.2. The minimum Gasteiger partial charge on any atom is -0.325 e. The van der Waals surface area contributed by atoms with Crippen LogP contribution in [0.3, 0.4) is 0 Å². The van der Waals surface area contributed by atoms with E-state index in [2.05, 4.69) is 37.8 Å². The van der Waals surface area contributed by atoms with Gasteiger partial charge in [0.05, 0.1) is 0 Å². The van der Waals surface area contributed by atoms with Crippen molar-refractivity contribution in [3.05, 3.63) is 21.9 Å². The molecular weight excluding hydrogens is 250 g/mol. The zero-order valence-corrected chi connectivity index (χ0v) is 12.2. The molecule has 1 aliphatic rings. The second kappa shape index (κ2) is 5.44. The van der Waals surface area contributed by atoms with Gasteiger partial charge in [0.1, 0.15) is 5.37 Å². The SMILES string of the molecule is Cc1ccc(C2SCCC(=O)N2CC(C)C)s1. The van der Waals surface area contributed by atoms with E-state index in [9.17, 15) is 4.79 Å². The molecule has 0 aliphatic carbocycles. The molecule has 2 rings (SSSR count). The van der Waals surface area contributed by atoms with Crippen LogP contribution in [-0.2, 0) is 4.79 Å². The second-order valence-electron chi connectivity index (χ2n) is 4.86. The van der Waals surface area contributed by atoms with Gasteiger partial charge in [0, 0.05) is 28.5 Å². The number of carbonyl (C=O) groups excluding carboxylic acids is 1. The average Bonchev–Trinajstić information content (AvgIpc) is 2.67. The number of carbonyl (C=O) groups is 1. The lowest BCUT2D eigenvalue weighted by Gasteiger charge is -2.35. The third-order valence-electron chi connectivity index (χ3n) is 2.76. The summed E-state index contributed by atoms with van der Waals surface area (Å²) in [7, 11) is 0. The Kier molecular flexibility index (Phi) is 4.15. The summed E-state index contributed by atoms with van der Waals surface area (Å²) in [4.78, 5) is 16.7. The van der Waals surface area contributed by atoms with Crippen molar-refractivity contribution in [1.82, 2.24) is 4.90 Å². The molecule has 1 saturated heterocycles. The first-order valence-corrected chi connectivity index (χ1v) is 7.92. The Bertz CT molecular complexity index is 400. The number of thiophene rings is 1. The normalized spacial score (nSPS) is 21.3. The number of aryl methyl sites for hydroxylation is 1. The van der Waals surface area contributed by atoms with E-state index in [-0.39, 0.29) is 5.37 Å². The monoisotopic (exact) mass is 269 g/mol. The zero-order valence-electron chi connectivity index (χ0n) is 10.6. The number of thioether (sulfide) groups is 1. The maximum atomic E-state index is 12.0. The van der Waals surface area contributed by atoms with Gasteiger partial charge in [-0.3, -0.25) is 4.79 Å². The highest BCUT2D eigenvalue weighted by atomic mass is 32.2. The third kappa shape index (κ3) is 3.05. The Morgan fingerprint density at radius 2 is 2.24 bits per heavy atom. The number of hydrogen-bond donors (Lipinski definition) is 0. The van der Waals surface area contributed by atoms with Crippen molar-refractivity contribution in [2.24, 2.45) is 5.92 Å². The average molecular weight is 269 g/mol. The van der Waals surface area contributed by atoms with Crippen molar-refractivity contribution in [2.45, 2.75) is 32.6 Å². The summed E-state index contributed by atoms with van der Waals surface area (Å²) in [5, 5.41) is 0.248. The van der Waals surface area contributed by atoms with Crippen LogP contribution in [0.2, 0.25) is 0 Å². The van der Waals surface area contributed by atoms with Crippen molar-refractivity contribution in [3.63, 3.8) is 0 Å². The molecule has 0 radical (unpaired) electrons. The van der Waals surface area contributed by atoms with E-state index in [1.807, 2.05) is 23.1 Å². The van der Waals surface area contributed by atoms with Crippen LogP contribution in [0.15, 0.2) is 12.1 Å². The summed E-state index contributed by atoms with van der Waals surface area (Å²) in [5.74, 6) is 1.80. The maximum Gasteiger partial charge on any atom is 0.224 e. The molecule has 1 aromatic rings. The van der Waals surface area contributed by atoms with Crippen LogP contribution in [-0.4, -0.2) is 23.1 Å². The van der Waals surface area contributed by atoms with Gasteiger partial charge in [-0.2, -0.15) is 0 Å². The van der Waals surface area contributed by atoms with Gasteiger partial charge in [0.2, 0.25) is 5.91 Å². The van der Waals surface area contributed by atoms with E-state index in [4.69, 9.17) is 0 Å². The summed E-state index contributed by atoms with van der Waals surface area (Å²) >= 11 is 3.71. The van der Waals surface area contributed by atoms with E-state index in [0.29, 0.717) is 18.2 Å². The van der Waals surface area contributed by atoms with Gasteiger partial charge in [0.15, 0.2) is 0 Å². The van der Waals surface area contributed by atoms with Gasteiger partial charge in [-0.05, 0) is 25.0 Å². The molecule has 1 atom stereocenters. The predicted molar refractivity (Wildman–Crippen MR) is 75.4 cm³/mol. The van der Waals surface area contributed by atoms with Gasteiger partial charge in [-0.25, -0.2) is 0 Å². The Morgan fingerprint density at radius 1 is 1.47 bits per heavy atom. The fraction of sp³-hybridized carbons (Fsp3) is 0.615. The van der Waals surface area contributed by atoms with Crippen LogP contribution in [0.1, 0.15) is 35.4 Å². The molecule has 0 bridgehead atoms. The molecule has 0 N–H and O–H groups in total. The van der Waals surface area contributed by atoms with Crippen LogP contribution in [0.4, 0.5) is 0 Å². The summed E-state index contributed by atoms with van der Waals surface area (Å²) in [6.07, 6.45) is 0.693. The molecule has 1 aliphatic heterocycles. The maximum absolute atomic E-state index is 12.0. The second-order valence-corrected chi connectivity index (χ2v) is 7.37. The van der Waals surface area contributed by atoms with Crippen molar-refractivity contribution < 1.29 is 4.79 Å². The number of amides is 1. The standard InChI is InChI=1S/C13H19NOS2/c1-9(2)8-14-12(15)6-7-16-13(14)11-5-4-10(3)17-11/h4-5,9,13H,6-8H2,1-3H3. The summed E-state index contributed by atoms with van der Waals surface area (Å²) in [6.45, 7) is 7.33. The van der Waals surface area contributed by atoms with E-state index in [1.165, 1.54) is 9.75 Å². The molecule has 1 aromatic heterocycles. The smallest absolute Gasteiger partial charge is 0.224 e. The molecule has 0 saturated carbocycles. The first-order chi connectivity index (χ1) is 8.08. The highest BCUT2D eigenvalue weighted by Crippen LogP contribution is 2.40. The molecule has 1 unspecified atom stereocenters. The predicted octanol–water partition coefficient (Wildman–Crippen LogP) is 3.68. The number of nitrogens with zero attached hydrogens (tertiary/aromatic N) is 1. The zero-order chi connectivity index (χ0) is 12.4. The first kappa shape index (κ1) is 13.0. The molecule has 1 amide bonds. The lowest BCUT2D eigenvalue weighted by molar-refractivity contribution is -0.132. The van der Waals surface area contributed by atoms with E-state index < -0.39 is 0 Å². The molecule has 2 nitrogen and oxygen atoms in total. The van der Waals surface area contributed by atoms with Gasteiger partial charge in [-0.1, -0.05) is 13.8 Å². The molecule has 0 spiro atoms. The Labute approximate surface area is 111 Å². The fourth-order valence-electron chi connectivity index (χ4n) is 2.04. The Balaban J connectivity index is 2.20. The van der Waals surface area contributed by atoms with E-state index >= 15 is 0 Å². The molecule has 2 heterocycles. The Morgan fingerprint density at radius 3 is 2.82 bits per heavy atom. The highest BCUT2D eigenvalue weighted by Gasteiger charge is 2.30. The van der Waals surface area contributed by atoms with Gasteiger partial charge in [0.25, 0.3) is 0 Å². The molecule has 17 heavy (non-hydrogen) atoms. The third-order valence-corrected chi connectivity index (χ3v) is 5.23. The van der Waals surface area contributed by atoms with Crippen LogP contribution in [0.25, 0.3) is 0 Å². The van der Waals surface area contributed by atoms with Crippen molar-refractivity contribution in [2.75, 3.05) is 12.3 Å². The van der Waals surface area contributed by atoms with E-state index in [0.717, 1.165) is 12.3 Å². The molecule has 94 valence electrons. The summed E-state index contributed by atoms with van der Waals surface area (Å²) < 4.78 is 0. The highest BCUT2D eigenvalue weighted by molar-refractivity contribution is 7.99. The van der Waals surface area contributed by atoms with Crippen molar-refractivity contribution in [3.8, 4) is 0 Å². The summed E-state index contributed by atoms with van der Waals surface area (Å²) in [6, 6.07) is 4.32. The lowest BCUT2D eigenvalue weighted by Crippen LogP contribution is -2.39. The number of hydrogen-bond acceptors (Lipinski definition) is 3. The largest absolute Gasteiger partial charge is 0.325 e. The minimum absolute atomic E-state index is 0.248. The fourth-order valence-corrected chi connectivity index (χ4v) is 4.40. The van der Waals surface area contributed by atoms with Gasteiger partial charge < -0.3 is 4.90 Å². The van der Waals surface area contributed by atoms with Gasteiger partial charge >= 0.3 is 0 Å². The molecule has 1 fully saturated rings. The van der Waals surface area contributed by atoms with Crippen LogP contribution < -0.4 is 0 Å². The topological polar surface area (TPSA) is 20.3 Å². The summed E-state index contributed by atoms with van der Waals surface area (Å²) in [5.41, 5.74) is 0. The van der Waals surface area contributed by atoms with Crippen molar-refractivity contribution in [1.29, 1.82) is 0 Å². The van der Waals surface area contributed by atoms with Gasteiger partial charge in [-0.15, -0.1) is 23.1 Å². The number of rotatable bonds is 3. The first-order valence-electron chi connectivity index (χ1n) is 6.05. The van der Waals surface area contributed by atoms with Crippen LogP contribution >= 0.6 is 23.1 Å². The van der Waals surface area contributed by atoms with E-state index in [1.54, 1.807) is 0 Å². The van der Waals surface area contributed by atoms with Crippen molar-refractivity contribution >= 4 is 29.0 Å². The quantitative estimate of drug-likeness (QED) is 0.834. The minimum atomic E-state index is 0.248. The van der Waals surface area contributed by atoms with Crippen LogP contribution in [0.5, 0.6) is 0 Å².